The minimum Gasteiger partial charge on any atom is -0.369 e. The first-order valence-electron chi connectivity index (χ1n) is 6.56. The Labute approximate surface area is 116 Å². The Hall–Kier alpha value is -2.37. The summed E-state index contributed by atoms with van der Waals surface area (Å²) in [6.07, 6.45) is 3.74. The maximum atomic E-state index is 14.0. The minimum absolute atomic E-state index is 0.104. The van der Waals surface area contributed by atoms with Crippen LogP contribution in [0.1, 0.15) is 18.5 Å². The van der Waals surface area contributed by atoms with E-state index in [0.29, 0.717) is 18.2 Å². The van der Waals surface area contributed by atoms with Crippen molar-refractivity contribution in [2.24, 2.45) is 10.7 Å². The number of nitrogens with zero attached hydrogens (tertiary/aromatic N) is 4. The number of guanidine groups is 1. The SMILES string of the molecule is CCn1cc(C2CN=C(N)N2c2ccccc2F)cn1. The topological polar surface area (TPSA) is 59.4 Å². The number of hydrogen-bond donors (Lipinski definition) is 1. The number of aliphatic imine (C=N–C) groups is 1. The van der Waals surface area contributed by atoms with Crippen LogP contribution in [0.2, 0.25) is 0 Å². The van der Waals surface area contributed by atoms with Crippen molar-refractivity contribution < 1.29 is 4.39 Å². The molecule has 1 unspecified atom stereocenters. The van der Waals surface area contributed by atoms with Crippen molar-refractivity contribution in [1.82, 2.24) is 9.78 Å². The molecule has 0 saturated heterocycles. The van der Waals surface area contributed by atoms with E-state index in [2.05, 4.69) is 10.1 Å². The number of para-hydroxylation sites is 1. The Morgan fingerprint density at radius 3 is 2.90 bits per heavy atom. The van der Waals surface area contributed by atoms with Crippen LogP contribution in [0.5, 0.6) is 0 Å². The molecule has 5 nitrogen and oxygen atoms in total. The van der Waals surface area contributed by atoms with Gasteiger partial charge in [0.15, 0.2) is 5.96 Å². The van der Waals surface area contributed by atoms with E-state index in [1.807, 2.05) is 17.8 Å². The summed E-state index contributed by atoms with van der Waals surface area (Å²) in [4.78, 5) is 5.97. The lowest BCUT2D eigenvalue weighted by Gasteiger charge is -2.25. The van der Waals surface area contributed by atoms with Crippen LogP contribution in [-0.4, -0.2) is 22.3 Å². The summed E-state index contributed by atoms with van der Waals surface area (Å²) in [5.41, 5.74) is 7.36. The Morgan fingerprint density at radius 2 is 2.20 bits per heavy atom. The molecule has 0 bridgehead atoms. The molecule has 1 aromatic carbocycles. The van der Waals surface area contributed by atoms with Gasteiger partial charge in [-0.05, 0) is 19.1 Å². The normalized spacial score (nSPS) is 18.4. The van der Waals surface area contributed by atoms with Crippen molar-refractivity contribution in [1.29, 1.82) is 0 Å². The van der Waals surface area contributed by atoms with Gasteiger partial charge in [-0.1, -0.05) is 12.1 Å². The zero-order valence-corrected chi connectivity index (χ0v) is 11.2. The van der Waals surface area contributed by atoms with E-state index in [1.165, 1.54) is 6.07 Å². The van der Waals surface area contributed by atoms with Gasteiger partial charge in [0, 0.05) is 18.3 Å². The van der Waals surface area contributed by atoms with E-state index in [0.717, 1.165) is 12.1 Å². The maximum absolute atomic E-state index is 14.0. The second-order valence-corrected chi connectivity index (χ2v) is 4.67. The first-order valence-corrected chi connectivity index (χ1v) is 6.56. The van der Waals surface area contributed by atoms with Gasteiger partial charge in [-0.15, -0.1) is 0 Å². The molecule has 104 valence electrons. The Morgan fingerprint density at radius 1 is 1.40 bits per heavy atom. The molecule has 1 aliphatic rings. The molecular weight excluding hydrogens is 257 g/mol. The Kier molecular flexibility index (Phi) is 3.14. The molecule has 1 atom stereocenters. The molecule has 2 N–H and O–H groups in total. The molecule has 0 radical (unpaired) electrons. The second-order valence-electron chi connectivity index (χ2n) is 4.67. The molecule has 2 heterocycles. The number of nitrogens with two attached hydrogens (primary N) is 1. The van der Waals surface area contributed by atoms with E-state index >= 15 is 0 Å². The van der Waals surface area contributed by atoms with Crippen molar-refractivity contribution in [2.75, 3.05) is 11.4 Å². The third kappa shape index (κ3) is 2.03. The van der Waals surface area contributed by atoms with Gasteiger partial charge in [0.1, 0.15) is 5.82 Å². The Balaban J connectivity index is 1.98. The average Bonchev–Trinajstić information content (AvgIpc) is 3.06. The molecule has 20 heavy (non-hydrogen) atoms. The number of benzene rings is 1. The fraction of sp³-hybridized carbons (Fsp3) is 0.286. The monoisotopic (exact) mass is 273 g/mol. The molecule has 1 aliphatic heterocycles. The van der Waals surface area contributed by atoms with Crippen molar-refractivity contribution >= 4 is 11.6 Å². The molecule has 0 fully saturated rings. The molecule has 6 heteroatoms. The van der Waals surface area contributed by atoms with Gasteiger partial charge >= 0.3 is 0 Å². The van der Waals surface area contributed by atoms with E-state index in [1.54, 1.807) is 29.3 Å². The largest absolute Gasteiger partial charge is 0.369 e. The molecule has 0 amide bonds. The molecule has 1 aromatic heterocycles. The van der Waals surface area contributed by atoms with E-state index in [-0.39, 0.29) is 11.9 Å². The molecule has 2 aromatic rings. The summed E-state index contributed by atoms with van der Waals surface area (Å²) >= 11 is 0. The summed E-state index contributed by atoms with van der Waals surface area (Å²) in [5, 5.41) is 4.26. The van der Waals surface area contributed by atoms with Gasteiger partial charge in [0.25, 0.3) is 0 Å². The zero-order valence-electron chi connectivity index (χ0n) is 11.2. The molecule has 3 rings (SSSR count). The fourth-order valence-corrected chi connectivity index (χ4v) is 2.41. The number of aryl methyl sites for hydroxylation is 1. The van der Waals surface area contributed by atoms with Crippen LogP contribution in [0.25, 0.3) is 0 Å². The van der Waals surface area contributed by atoms with Gasteiger partial charge in [-0.3, -0.25) is 9.67 Å². The van der Waals surface area contributed by atoms with Crippen molar-refractivity contribution in [2.45, 2.75) is 19.5 Å². The molecule has 0 aliphatic carbocycles. The first kappa shape index (κ1) is 12.7. The summed E-state index contributed by atoms with van der Waals surface area (Å²) in [7, 11) is 0. The van der Waals surface area contributed by atoms with Crippen molar-refractivity contribution in [3.63, 3.8) is 0 Å². The second kappa shape index (κ2) is 4.96. The van der Waals surface area contributed by atoms with Crippen LogP contribution in [0, 0.1) is 5.82 Å². The third-order valence-electron chi connectivity index (χ3n) is 3.46. The van der Waals surface area contributed by atoms with Crippen molar-refractivity contribution in [3.05, 3.63) is 48.0 Å². The standard InChI is InChI=1S/C14H16FN5/c1-2-19-9-10(7-18-19)13-8-17-14(16)20(13)12-6-4-3-5-11(12)15/h3-7,9,13H,2,8H2,1H3,(H2,16,17). The third-order valence-corrected chi connectivity index (χ3v) is 3.46. The number of hydrogen-bond acceptors (Lipinski definition) is 4. The van der Waals surface area contributed by atoms with Crippen LogP contribution in [-0.2, 0) is 6.54 Å². The van der Waals surface area contributed by atoms with E-state index < -0.39 is 0 Å². The number of rotatable bonds is 3. The fourth-order valence-electron chi connectivity index (χ4n) is 2.41. The summed E-state index contributed by atoms with van der Waals surface area (Å²) in [6, 6.07) is 6.48. The van der Waals surface area contributed by atoms with Gasteiger partial charge in [-0.25, -0.2) is 4.39 Å². The van der Waals surface area contributed by atoms with E-state index in [4.69, 9.17) is 5.73 Å². The van der Waals surface area contributed by atoms with Crippen LogP contribution >= 0.6 is 0 Å². The lowest BCUT2D eigenvalue weighted by Crippen LogP contribution is -2.36. The number of aromatic nitrogens is 2. The first-order chi connectivity index (χ1) is 9.70. The van der Waals surface area contributed by atoms with Crippen LogP contribution in [0.15, 0.2) is 41.7 Å². The Bertz CT molecular complexity index is 649. The van der Waals surface area contributed by atoms with Gasteiger partial charge < -0.3 is 10.6 Å². The van der Waals surface area contributed by atoms with Crippen LogP contribution in [0.3, 0.4) is 0 Å². The van der Waals surface area contributed by atoms with Crippen molar-refractivity contribution in [3.8, 4) is 0 Å². The average molecular weight is 273 g/mol. The highest BCUT2D eigenvalue weighted by atomic mass is 19.1. The maximum Gasteiger partial charge on any atom is 0.196 e. The molecule has 0 spiro atoms. The lowest BCUT2D eigenvalue weighted by atomic mass is 10.1. The predicted molar refractivity (Wildman–Crippen MR) is 76.0 cm³/mol. The van der Waals surface area contributed by atoms with Gasteiger partial charge in [-0.2, -0.15) is 5.10 Å². The highest BCUT2D eigenvalue weighted by Crippen LogP contribution is 2.32. The van der Waals surface area contributed by atoms with Crippen LogP contribution < -0.4 is 10.6 Å². The highest BCUT2D eigenvalue weighted by Gasteiger charge is 2.31. The summed E-state index contributed by atoms with van der Waals surface area (Å²) < 4.78 is 15.8. The summed E-state index contributed by atoms with van der Waals surface area (Å²) in [5.74, 6) is 0.0322. The number of anilines is 1. The van der Waals surface area contributed by atoms with Crippen LogP contribution in [0.4, 0.5) is 10.1 Å². The lowest BCUT2D eigenvalue weighted by molar-refractivity contribution is 0.619. The number of halogens is 1. The summed E-state index contributed by atoms with van der Waals surface area (Å²) in [6.45, 7) is 3.32. The molecule has 0 saturated carbocycles. The zero-order chi connectivity index (χ0) is 14.1. The molecular formula is C14H16FN5. The predicted octanol–water partition coefficient (Wildman–Crippen LogP) is 1.92. The minimum atomic E-state index is -0.305. The van der Waals surface area contributed by atoms with Gasteiger partial charge in [0.2, 0.25) is 0 Å². The smallest absolute Gasteiger partial charge is 0.196 e. The van der Waals surface area contributed by atoms with E-state index in [9.17, 15) is 4.39 Å². The quantitative estimate of drug-likeness (QED) is 0.929. The highest BCUT2D eigenvalue weighted by molar-refractivity contribution is 5.97. The van der Waals surface area contributed by atoms with Gasteiger partial charge in [0.05, 0.1) is 24.5 Å².